The molecule has 0 fully saturated rings. The zero-order valence-corrected chi connectivity index (χ0v) is 9.84. The minimum absolute atomic E-state index is 0.0308. The Hall–Kier alpha value is -2.10. The number of carbonyl (C=O) groups excluding carboxylic acids is 1. The molecule has 18 heavy (non-hydrogen) atoms. The van der Waals surface area contributed by atoms with Crippen molar-refractivity contribution in [2.75, 3.05) is 7.11 Å². The predicted octanol–water partition coefficient (Wildman–Crippen LogP) is 2.66. The quantitative estimate of drug-likeness (QED) is 0.836. The van der Waals surface area contributed by atoms with Crippen molar-refractivity contribution >= 4 is 6.29 Å². The van der Waals surface area contributed by atoms with Crippen molar-refractivity contribution in [3.63, 3.8) is 0 Å². The number of rotatable bonds is 3. The summed E-state index contributed by atoms with van der Waals surface area (Å²) in [5.74, 6) is -1.05. The van der Waals surface area contributed by atoms with Gasteiger partial charge in [0.25, 0.3) is 0 Å². The Balaban J connectivity index is 2.48. The van der Waals surface area contributed by atoms with Gasteiger partial charge in [0.15, 0.2) is 23.5 Å². The van der Waals surface area contributed by atoms with E-state index in [0.29, 0.717) is 5.56 Å². The summed E-state index contributed by atoms with van der Waals surface area (Å²) < 4.78 is 19.4. The van der Waals surface area contributed by atoms with Crippen LogP contribution in [0.15, 0.2) is 54.0 Å². The van der Waals surface area contributed by atoms with Crippen LogP contribution in [0, 0.1) is 0 Å². The second kappa shape index (κ2) is 4.64. The lowest BCUT2D eigenvalue weighted by molar-refractivity contribution is -0.116. The number of aliphatic hydroxyl groups excluding tert-OH is 1. The zero-order valence-electron chi connectivity index (χ0n) is 9.84. The van der Waals surface area contributed by atoms with E-state index in [2.05, 4.69) is 0 Å². The van der Waals surface area contributed by atoms with Gasteiger partial charge in [-0.05, 0) is 11.6 Å². The molecule has 0 aliphatic heterocycles. The number of methoxy groups -OCH3 is 1. The summed E-state index contributed by atoms with van der Waals surface area (Å²) in [5, 5.41) is 9.71. The van der Waals surface area contributed by atoms with Crippen LogP contribution in [0.1, 0.15) is 11.5 Å². The highest BCUT2D eigenvalue weighted by molar-refractivity contribution is 5.71. The molecule has 1 aliphatic rings. The summed E-state index contributed by atoms with van der Waals surface area (Å²) in [5.41, 5.74) is -1.59. The van der Waals surface area contributed by atoms with Gasteiger partial charge in [-0.2, -0.15) is 0 Å². The number of halogens is 1. The molecule has 0 amide bonds. The van der Waals surface area contributed by atoms with E-state index in [1.807, 2.05) is 0 Å². The van der Waals surface area contributed by atoms with Crippen LogP contribution in [0.4, 0.5) is 4.39 Å². The number of benzene rings is 1. The fourth-order valence-electron chi connectivity index (χ4n) is 2.02. The third-order valence-electron chi connectivity index (χ3n) is 2.97. The van der Waals surface area contributed by atoms with Gasteiger partial charge < -0.3 is 9.84 Å². The molecule has 0 saturated heterocycles. The molecule has 1 aromatic rings. The van der Waals surface area contributed by atoms with Crippen molar-refractivity contribution in [3.05, 3.63) is 59.6 Å². The number of aldehydes is 1. The van der Waals surface area contributed by atoms with Crippen molar-refractivity contribution in [1.29, 1.82) is 0 Å². The molecule has 3 nitrogen and oxygen atoms in total. The Labute approximate surface area is 104 Å². The fourth-order valence-corrected chi connectivity index (χ4v) is 2.02. The molecular formula is C14H13FO3. The van der Waals surface area contributed by atoms with E-state index in [0.717, 1.165) is 6.08 Å². The number of carbonyl (C=O) groups is 1. The Morgan fingerprint density at radius 1 is 1.39 bits per heavy atom. The maximum absolute atomic E-state index is 14.6. The van der Waals surface area contributed by atoms with Crippen LogP contribution in [-0.2, 0) is 9.53 Å². The average Bonchev–Trinajstić information content (AvgIpc) is 2.42. The minimum atomic E-state index is -2.21. The Kier molecular flexibility index (Phi) is 3.19. The molecule has 0 heterocycles. The minimum Gasteiger partial charge on any atom is -0.504 e. The summed E-state index contributed by atoms with van der Waals surface area (Å²) in [4.78, 5) is 11.0. The predicted molar refractivity (Wildman–Crippen MR) is 64.9 cm³/mol. The molecule has 0 radical (unpaired) electrons. The SMILES string of the molecule is COC1=CC(F)(C=O)C(c2ccccc2)C=C1O. The highest BCUT2D eigenvalue weighted by Crippen LogP contribution is 2.39. The van der Waals surface area contributed by atoms with Crippen LogP contribution >= 0.6 is 0 Å². The number of allylic oxidation sites excluding steroid dienone is 2. The fraction of sp³-hybridized carbons (Fsp3) is 0.214. The van der Waals surface area contributed by atoms with Gasteiger partial charge in [0.05, 0.1) is 13.0 Å². The van der Waals surface area contributed by atoms with E-state index < -0.39 is 11.6 Å². The van der Waals surface area contributed by atoms with Gasteiger partial charge in [0.1, 0.15) is 0 Å². The van der Waals surface area contributed by atoms with Crippen LogP contribution < -0.4 is 0 Å². The van der Waals surface area contributed by atoms with Gasteiger partial charge in [-0.15, -0.1) is 0 Å². The summed E-state index contributed by atoms with van der Waals surface area (Å²) in [6, 6.07) is 8.71. The topological polar surface area (TPSA) is 46.5 Å². The smallest absolute Gasteiger partial charge is 0.198 e. The monoisotopic (exact) mass is 248 g/mol. The normalized spacial score (nSPS) is 27.1. The average molecular weight is 248 g/mol. The van der Waals surface area contributed by atoms with Gasteiger partial charge in [-0.25, -0.2) is 4.39 Å². The summed E-state index contributed by atoms with van der Waals surface area (Å²) in [6.07, 6.45) is 2.53. The first-order valence-electron chi connectivity index (χ1n) is 5.49. The molecule has 2 unspecified atom stereocenters. The number of hydrogen-bond donors (Lipinski definition) is 1. The molecule has 2 atom stereocenters. The van der Waals surface area contributed by atoms with Crippen molar-refractivity contribution in [2.24, 2.45) is 0 Å². The zero-order chi connectivity index (χ0) is 13.2. The summed E-state index contributed by atoms with van der Waals surface area (Å²) in [7, 11) is 1.31. The first-order valence-corrected chi connectivity index (χ1v) is 5.49. The van der Waals surface area contributed by atoms with Gasteiger partial charge in [0.2, 0.25) is 0 Å². The lowest BCUT2D eigenvalue weighted by Gasteiger charge is -2.28. The molecule has 94 valence electrons. The molecule has 0 spiro atoms. The van der Waals surface area contributed by atoms with Crippen molar-refractivity contribution in [2.45, 2.75) is 11.6 Å². The van der Waals surface area contributed by atoms with E-state index in [-0.39, 0.29) is 17.8 Å². The molecule has 2 rings (SSSR count). The Morgan fingerprint density at radius 3 is 2.61 bits per heavy atom. The van der Waals surface area contributed by atoms with E-state index in [1.165, 1.54) is 13.2 Å². The lowest BCUT2D eigenvalue weighted by atomic mass is 9.80. The van der Waals surface area contributed by atoms with Crippen molar-refractivity contribution in [1.82, 2.24) is 0 Å². The number of ether oxygens (including phenoxy) is 1. The van der Waals surface area contributed by atoms with Crippen molar-refractivity contribution in [3.8, 4) is 0 Å². The molecule has 1 N–H and O–H groups in total. The van der Waals surface area contributed by atoms with Crippen LogP contribution in [0.5, 0.6) is 0 Å². The number of hydrogen-bond acceptors (Lipinski definition) is 3. The molecular weight excluding hydrogens is 235 g/mol. The molecule has 0 bridgehead atoms. The van der Waals surface area contributed by atoms with E-state index >= 15 is 0 Å². The number of aliphatic hydroxyl groups is 1. The van der Waals surface area contributed by atoms with Gasteiger partial charge >= 0.3 is 0 Å². The second-order valence-electron chi connectivity index (χ2n) is 4.10. The third kappa shape index (κ3) is 2.01. The van der Waals surface area contributed by atoms with Crippen LogP contribution in [0.25, 0.3) is 0 Å². The molecule has 1 aliphatic carbocycles. The van der Waals surface area contributed by atoms with E-state index in [1.54, 1.807) is 30.3 Å². The first-order chi connectivity index (χ1) is 8.60. The first kappa shape index (κ1) is 12.4. The third-order valence-corrected chi connectivity index (χ3v) is 2.97. The van der Waals surface area contributed by atoms with Crippen LogP contribution in [-0.4, -0.2) is 24.2 Å². The van der Waals surface area contributed by atoms with Crippen LogP contribution in [0.3, 0.4) is 0 Å². The number of alkyl halides is 1. The highest BCUT2D eigenvalue weighted by atomic mass is 19.1. The molecule has 0 aromatic heterocycles. The summed E-state index contributed by atoms with van der Waals surface area (Å²) in [6.45, 7) is 0. The standard InChI is InChI=1S/C14H13FO3/c1-18-13-8-14(15,9-16)11(7-12(13)17)10-5-3-2-4-6-10/h2-9,11,17H,1H3. The van der Waals surface area contributed by atoms with Crippen molar-refractivity contribution < 1.29 is 19.0 Å². The lowest BCUT2D eigenvalue weighted by Crippen LogP contribution is -2.33. The Morgan fingerprint density at radius 2 is 2.06 bits per heavy atom. The van der Waals surface area contributed by atoms with E-state index in [9.17, 15) is 14.3 Å². The maximum Gasteiger partial charge on any atom is 0.198 e. The molecule has 1 aromatic carbocycles. The largest absolute Gasteiger partial charge is 0.504 e. The highest BCUT2D eigenvalue weighted by Gasteiger charge is 2.41. The molecule has 0 saturated carbocycles. The van der Waals surface area contributed by atoms with Gasteiger partial charge in [-0.1, -0.05) is 30.3 Å². The van der Waals surface area contributed by atoms with E-state index in [4.69, 9.17) is 4.74 Å². The summed E-state index contributed by atoms with van der Waals surface area (Å²) >= 11 is 0. The van der Waals surface area contributed by atoms with Gasteiger partial charge in [-0.3, -0.25) is 4.79 Å². The molecule has 4 heteroatoms. The maximum atomic E-state index is 14.6. The Bertz CT molecular complexity index is 507. The van der Waals surface area contributed by atoms with Crippen LogP contribution in [0.2, 0.25) is 0 Å². The van der Waals surface area contributed by atoms with Gasteiger partial charge in [0, 0.05) is 6.08 Å². The second-order valence-corrected chi connectivity index (χ2v) is 4.10.